The van der Waals surface area contributed by atoms with E-state index in [0.717, 1.165) is 0 Å². The van der Waals surface area contributed by atoms with Crippen LogP contribution in [0.3, 0.4) is 0 Å². The van der Waals surface area contributed by atoms with E-state index in [0.29, 0.717) is 34.4 Å². The molecular weight excluding hydrogens is 332 g/mol. The Kier molecular flexibility index (Phi) is 5.17. The van der Waals surface area contributed by atoms with Crippen molar-refractivity contribution in [3.63, 3.8) is 0 Å². The van der Waals surface area contributed by atoms with Crippen LogP contribution in [0.25, 0.3) is 0 Å². The van der Waals surface area contributed by atoms with Crippen LogP contribution in [-0.4, -0.2) is 22.2 Å². The predicted octanol–water partition coefficient (Wildman–Crippen LogP) is 4.16. The minimum absolute atomic E-state index is 0.0141. The molecule has 7 heteroatoms. The highest BCUT2D eigenvalue weighted by atomic mass is 16.5. The minimum Gasteiger partial charge on any atom is -0.489 e. The van der Waals surface area contributed by atoms with E-state index in [2.05, 4.69) is 20.8 Å². The predicted molar refractivity (Wildman–Crippen MR) is 98.9 cm³/mol. The topological polar surface area (TPSA) is 89.3 Å². The van der Waals surface area contributed by atoms with Crippen LogP contribution >= 0.6 is 0 Å². The van der Waals surface area contributed by atoms with Crippen LogP contribution in [0.4, 0.5) is 17.3 Å². The molecule has 2 aromatic heterocycles. The first-order valence-corrected chi connectivity index (χ1v) is 8.24. The number of aromatic nitrogens is 2. The molecule has 2 heterocycles. The highest BCUT2D eigenvalue weighted by Gasteiger charge is 2.11. The first kappa shape index (κ1) is 17.5. The summed E-state index contributed by atoms with van der Waals surface area (Å²) in [6, 6.07) is 12.5. The van der Waals surface area contributed by atoms with Gasteiger partial charge in [-0.1, -0.05) is 17.3 Å². The van der Waals surface area contributed by atoms with E-state index < -0.39 is 0 Å². The Labute approximate surface area is 151 Å². The lowest BCUT2D eigenvalue weighted by Gasteiger charge is -2.14. The second kappa shape index (κ2) is 7.69. The third kappa shape index (κ3) is 4.38. The number of pyridine rings is 1. The first-order valence-electron chi connectivity index (χ1n) is 8.24. The van der Waals surface area contributed by atoms with Crippen LogP contribution in [0, 0.1) is 6.92 Å². The van der Waals surface area contributed by atoms with Gasteiger partial charge in [-0.05, 0) is 45.0 Å². The molecule has 3 aromatic rings. The number of anilines is 3. The summed E-state index contributed by atoms with van der Waals surface area (Å²) in [5.74, 6) is 2.20. The van der Waals surface area contributed by atoms with Gasteiger partial charge in [0.2, 0.25) is 0 Å². The Balaban J connectivity index is 1.69. The third-order valence-corrected chi connectivity index (χ3v) is 3.41. The molecule has 0 atom stereocenters. The molecule has 0 unspecified atom stereocenters. The lowest BCUT2D eigenvalue weighted by molar-refractivity contribution is 0.102. The molecule has 1 amide bonds. The minimum atomic E-state index is -0.263. The quantitative estimate of drug-likeness (QED) is 0.692. The molecular formula is C19H20N4O3. The molecule has 26 heavy (non-hydrogen) atoms. The van der Waals surface area contributed by atoms with E-state index in [1.807, 2.05) is 32.0 Å². The van der Waals surface area contributed by atoms with Gasteiger partial charge in [0.15, 0.2) is 5.82 Å². The van der Waals surface area contributed by atoms with Gasteiger partial charge >= 0.3 is 0 Å². The smallest absolute Gasteiger partial charge is 0.257 e. The molecule has 3 rings (SSSR count). The average Bonchev–Trinajstić information content (AvgIpc) is 3.01. The van der Waals surface area contributed by atoms with Gasteiger partial charge in [-0.2, -0.15) is 0 Å². The number of carbonyl (C=O) groups excluding carboxylic acids is 1. The van der Waals surface area contributed by atoms with E-state index >= 15 is 0 Å². The van der Waals surface area contributed by atoms with E-state index in [9.17, 15) is 4.79 Å². The number of amides is 1. The van der Waals surface area contributed by atoms with Gasteiger partial charge < -0.3 is 19.9 Å². The van der Waals surface area contributed by atoms with Crippen LogP contribution in [0.1, 0.15) is 30.0 Å². The Morgan fingerprint density at radius 3 is 2.62 bits per heavy atom. The van der Waals surface area contributed by atoms with Crippen molar-refractivity contribution in [2.45, 2.75) is 26.9 Å². The second-order valence-corrected chi connectivity index (χ2v) is 6.00. The molecule has 0 saturated heterocycles. The molecule has 0 spiro atoms. The van der Waals surface area contributed by atoms with Crippen LogP contribution in [-0.2, 0) is 0 Å². The summed E-state index contributed by atoms with van der Waals surface area (Å²) >= 11 is 0. The number of nitrogens with zero attached hydrogens (tertiary/aromatic N) is 2. The lowest BCUT2D eigenvalue weighted by atomic mass is 10.2. The average molecular weight is 352 g/mol. The highest BCUT2D eigenvalue weighted by molar-refractivity contribution is 6.04. The van der Waals surface area contributed by atoms with E-state index in [1.54, 1.807) is 31.2 Å². The number of aryl methyl sites for hydroxylation is 1. The van der Waals surface area contributed by atoms with Gasteiger partial charge in [0.1, 0.15) is 17.3 Å². The van der Waals surface area contributed by atoms with Crippen LogP contribution < -0.4 is 15.4 Å². The van der Waals surface area contributed by atoms with Gasteiger partial charge in [-0.25, -0.2) is 4.98 Å². The van der Waals surface area contributed by atoms with Crippen molar-refractivity contribution in [2.24, 2.45) is 0 Å². The Morgan fingerprint density at radius 2 is 1.96 bits per heavy atom. The number of nitrogens with one attached hydrogen (secondary N) is 2. The van der Waals surface area contributed by atoms with Crippen molar-refractivity contribution in [3.8, 4) is 5.75 Å². The van der Waals surface area contributed by atoms with Crippen LogP contribution in [0.15, 0.2) is 53.2 Å². The highest BCUT2D eigenvalue weighted by Crippen LogP contribution is 2.25. The number of ether oxygens (including phenoxy) is 1. The fourth-order valence-corrected chi connectivity index (χ4v) is 2.28. The molecule has 0 fully saturated rings. The molecule has 0 radical (unpaired) electrons. The zero-order chi connectivity index (χ0) is 18.5. The van der Waals surface area contributed by atoms with E-state index in [-0.39, 0.29) is 12.0 Å². The Morgan fingerprint density at radius 1 is 1.15 bits per heavy atom. The molecule has 134 valence electrons. The number of benzene rings is 1. The maximum absolute atomic E-state index is 12.5. The van der Waals surface area contributed by atoms with Crippen LogP contribution in [0.5, 0.6) is 5.75 Å². The summed E-state index contributed by atoms with van der Waals surface area (Å²) in [6.07, 6.45) is 1.51. The molecule has 2 N–H and O–H groups in total. The zero-order valence-corrected chi connectivity index (χ0v) is 14.8. The van der Waals surface area contributed by atoms with Crippen molar-refractivity contribution in [3.05, 3.63) is 60.0 Å². The summed E-state index contributed by atoms with van der Waals surface area (Å²) in [5, 5.41) is 9.69. The number of para-hydroxylation sites is 2. The Bertz CT molecular complexity index is 888. The molecule has 0 bridgehead atoms. The van der Waals surface area contributed by atoms with Crippen molar-refractivity contribution in [2.75, 3.05) is 10.6 Å². The molecule has 0 aliphatic heterocycles. The van der Waals surface area contributed by atoms with E-state index in [1.165, 1.54) is 6.20 Å². The second-order valence-electron chi connectivity index (χ2n) is 6.00. The SMILES string of the molecule is Cc1cc(Nc2ccc(C(=O)Nc3ccccc3OC(C)C)cn2)no1. The van der Waals surface area contributed by atoms with Gasteiger partial charge in [0.25, 0.3) is 5.91 Å². The van der Waals surface area contributed by atoms with Crippen molar-refractivity contribution < 1.29 is 14.1 Å². The van der Waals surface area contributed by atoms with E-state index in [4.69, 9.17) is 9.26 Å². The summed E-state index contributed by atoms with van der Waals surface area (Å²) in [5.41, 5.74) is 1.05. The number of carbonyl (C=O) groups is 1. The summed E-state index contributed by atoms with van der Waals surface area (Å²) in [4.78, 5) is 16.7. The van der Waals surface area contributed by atoms with Crippen molar-refractivity contribution >= 4 is 23.2 Å². The normalized spacial score (nSPS) is 10.6. The van der Waals surface area contributed by atoms with Gasteiger partial charge in [0.05, 0.1) is 17.4 Å². The molecule has 0 aliphatic rings. The number of rotatable bonds is 6. The van der Waals surface area contributed by atoms with Gasteiger partial charge in [-0.15, -0.1) is 0 Å². The van der Waals surface area contributed by atoms with Gasteiger partial charge in [0, 0.05) is 12.3 Å². The summed E-state index contributed by atoms with van der Waals surface area (Å²) in [7, 11) is 0. The van der Waals surface area contributed by atoms with Crippen molar-refractivity contribution in [1.82, 2.24) is 10.1 Å². The fourth-order valence-electron chi connectivity index (χ4n) is 2.28. The molecule has 7 nitrogen and oxygen atoms in total. The Hall–Kier alpha value is -3.35. The number of hydrogen-bond donors (Lipinski definition) is 2. The first-order chi connectivity index (χ1) is 12.5. The largest absolute Gasteiger partial charge is 0.489 e. The molecule has 0 saturated carbocycles. The summed E-state index contributed by atoms with van der Waals surface area (Å²) in [6.45, 7) is 5.68. The maximum Gasteiger partial charge on any atom is 0.257 e. The monoisotopic (exact) mass is 352 g/mol. The summed E-state index contributed by atoms with van der Waals surface area (Å²) < 4.78 is 10.7. The number of hydrogen-bond acceptors (Lipinski definition) is 6. The van der Waals surface area contributed by atoms with Crippen LogP contribution in [0.2, 0.25) is 0 Å². The lowest BCUT2D eigenvalue weighted by Crippen LogP contribution is -2.14. The van der Waals surface area contributed by atoms with Gasteiger partial charge in [-0.3, -0.25) is 4.79 Å². The molecule has 0 aliphatic carbocycles. The fraction of sp³-hybridized carbons (Fsp3) is 0.211. The van der Waals surface area contributed by atoms with Crippen molar-refractivity contribution in [1.29, 1.82) is 0 Å². The molecule has 1 aromatic carbocycles. The standard InChI is InChI=1S/C19H20N4O3/c1-12(2)25-16-7-5-4-6-15(16)21-19(24)14-8-9-17(20-11-14)22-18-10-13(3)26-23-18/h4-12H,1-3H3,(H,21,24)(H,20,22,23). The maximum atomic E-state index is 12.5. The third-order valence-electron chi connectivity index (χ3n) is 3.41. The zero-order valence-electron chi connectivity index (χ0n) is 14.8.